The zero-order valence-electron chi connectivity index (χ0n) is 62.4. The Morgan fingerprint density at radius 2 is 0.914 bits per heavy atom. The van der Waals surface area contributed by atoms with Crippen molar-refractivity contribution in [2.75, 3.05) is 13.1 Å². The molecular formula is C82H104N10O12Si. The molecule has 2 saturated heterocycles. The molecule has 6 heterocycles. The minimum Gasteiger partial charge on any atom is -0.455 e. The number of amides is 6. The molecule has 0 radical (unpaired) electrons. The maximum absolute atomic E-state index is 14.9. The Labute approximate surface area is 617 Å². The van der Waals surface area contributed by atoms with Crippen LogP contribution in [0.4, 0.5) is 0 Å². The average Bonchev–Trinajstić information content (AvgIpc) is 0.749. The number of nitrogens with one attached hydrogen (secondary N) is 6. The van der Waals surface area contributed by atoms with Crippen LogP contribution in [0.15, 0.2) is 133 Å². The zero-order valence-corrected chi connectivity index (χ0v) is 63.4. The van der Waals surface area contributed by atoms with E-state index in [4.69, 9.17) is 23.9 Å². The van der Waals surface area contributed by atoms with Crippen LogP contribution in [0.2, 0.25) is 5.04 Å². The lowest BCUT2D eigenvalue weighted by atomic mass is 9.71. The van der Waals surface area contributed by atoms with Gasteiger partial charge in [-0.3, -0.25) is 48.4 Å². The second kappa shape index (κ2) is 32.8. The molecule has 8 atom stereocenters. The van der Waals surface area contributed by atoms with Crippen molar-refractivity contribution in [1.82, 2.24) is 52.1 Å². The van der Waals surface area contributed by atoms with Crippen LogP contribution < -0.4 is 42.5 Å². The van der Waals surface area contributed by atoms with E-state index in [9.17, 15) is 43.5 Å². The van der Waals surface area contributed by atoms with Gasteiger partial charge in [-0.05, 0) is 167 Å². The summed E-state index contributed by atoms with van der Waals surface area (Å²) in [6.07, 6.45) is 12.1. The summed E-state index contributed by atoms with van der Waals surface area (Å²) in [5.74, 6) is -3.72. The quantitative estimate of drug-likeness (QED) is 0.0603. The Balaban J connectivity index is 0.000000221. The molecule has 0 unspecified atom stereocenters. The number of esters is 2. The first kappa shape index (κ1) is 77.1. The number of ether oxygens (including phenoxy) is 2. The molecule has 105 heavy (non-hydrogen) atoms. The fourth-order valence-corrected chi connectivity index (χ4v) is 20.1. The van der Waals surface area contributed by atoms with Crippen molar-refractivity contribution in [3.05, 3.63) is 156 Å². The highest BCUT2D eigenvalue weighted by atomic mass is 28.4. The van der Waals surface area contributed by atoms with Crippen LogP contribution in [0.3, 0.4) is 0 Å². The van der Waals surface area contributed by atoms with Crippen molar-refractivity contribution < 1.29 is 57.4 Å². The van der Waals surface area contributed by atoms with Gasteiger partial charge in [-0.25, -0.2) is 20.8 Å². The van der Waals surface area contributed by atoms with Crippen LogP contribution in [0.5, 0.6) is 0 Å². The number of fused-ring (bicyclic) bond motifs is 8. The fourth-order valence-electron chi connectivity index (χ4n) is 15.4. The van der Waals surface area contributed by atoms with Gasteiger partial charge in [0.1, 0.15) is 48.5 Å². The Kier molecular flexibility index (Phi) is 24.1. The normalized spacial score (nSPS) is 28.6. The third-order valence-electron chi connectivity index (χ3n) is 21.8. The van der Waals surface area contributed by atoms with Crippen molar-refractivity contribution >= 4 is 100 Å². The van der Waals surface area contributed by atoms with E-state index >= 15 is 0 Å². The number of cyclic esters (lactones) is 2. The minimum atomic E-state index is -2.86. The summed E-state index contributed by atoms with van der Waals surface area (Å²) >= 11 is 0. The standard InChI is InChI=1S/C49H61N5O6Si.C33H43N5O6/c1-32(2)43-44(55)50-33(3)45(56)54-30-14-19-41(53-54)46(57)59-34(4)40-23-22-36-21-20-35(31-42(36)51-40)24-27-49(47(58)52-43)28-25-37(26-29-49)60-61(48(5,6)7,38-15-10-8-11-16-38)39-17-12-9-13-18-39;1-19(2)28-29(40)34-20(3)30(41)38-17-5-6-26(37-38)31(42)44-21(4)25-10-9-23-8-7-22(18-27(23)35-25)11-14-33(32(43)36-28)15-12-24(39)13-16-33/h8-13,15-18,20-24,27,31-34,37,41,43,53H,14,19,25-26,28-30H2,1-7H3,(H,50,55)(H,52,58);7-11,14,18-21,24,26,28,37,39H,5-6,12-13,15-17H2,1-4H3,(H,34,40)(H,36,43)/b27-24+;14-11+/t33-,34+,37?,41-,43-,49?;20-,21+,24?,26-,28-,33?/m00/s1. The molecule has 2 aliphatic carbocycles. The third-order valence-corrected chi connectivity index (χ3v) is 26.9. The van der Waals surface area contributed by atoms with E-state index in [2.05, 4.69) is 101 Å². The number of aliphatic hydroxyl groups is 1. The first-order valence-electron chi connectivity index (χ1n) is 37.5. The average molecular weight is 1450 g/mol. The van der Waals surface area contributed by atoms with Crippen LogP contribution in [0, 0.1) is 22.7 Å². The van der Waals surface area contributed by atoms with Crippen molar-refractivity contribution in [2.45, 2.75) is 219 Å². The SMILES string of the molecule is CC(C)[C@@H]1NC(=O)C2(/C=C/c3ccc4ccc(nc4c3)[C@@H](C)OC(=O)[C@@H]3CCCN(N3)C(=O)[C@H](C)NC1=O)CCC(O)CC2.CC(C)[C@@H]1NC(=O)C2(/C=C/c3ccc4ccc(nc4c3)[C@@H](C)OC(=O)[C@@H]3CCCN(N3)C(=O)[C@H](C)NC1=O)CCC(O[Si](c1ccccc1)(c1ccccc1)C(C)(C)C)CC2. The maximum atomic E-state index is 14.9. The number of rotatable bonds is 6. The van der Waals surface area contributed by atoms with E-state index < -0.39 is 103 Å². The molecule has 2 saturated carbocycles. The summed E-state index contributed by atoms with van der Waals surface area (Å²) in [5.41, 5.74) is 8.48. The Hall–Kier alpha value is -9.00. The van der Waals surface area contributed by atoms with Gasteiger partial charge in [0.25, 0.3) is 20.1 Å². The molecule has 558 valence electrons. The number of hydrogen-bond donors (Lipinski definition) is 7. The first-order chi connectivity index (χ1) is 50.0. The highest BCUT2D eigenvalue weighted by molar-refractivity contribution is 6.99. The number of pyridine rings is 2. The number of carbonyl (C=O) groups is 8. The maximum Gasteiger partial charge on any atom is 0.325 e. The summed E-state index contributed by atoms with van der Waals surface area (Å²) in [6, 6.07) is 35.5. The molecule has 2 spiro atoms. The van der Waals surface area contributed by atoms with Gasteiger partial charge < -0.3 is 40.3 Å². The van der Waals surface area contributed by atoms with E-state index in [0.29, 0.717) is 107 Å². The van der Waals surface area contributed by atoms with Gasteiger partial charge in [-0.1, -0.05) is 170 Å². The molecule has 4 aliphatic heterocycles. The lowest BCUT2D eigenvalue weighted by Gasteiger charge is -2.47. The second-order valence-corrected chi connectivity index (χ2v) is 35.5. The number of carbonyl (C=O) groups excluding carboxylic acids is 8. The Morgan fingerprint density at radius 3 is 1.30 bits per heavy atom. The number of benzene rings is 4. The lowest BCUT2D eigenvalue weighted by Crippen LogP contribution is -2.68. The lowest BCUT2D eigenvalue weighted by molar-refractivity contribution is -0.158. The van der Waals surface area contributed by atoms with Gasteiger partial charge in [-0.2, -0.15) is 0 Å². The molecule has 6 aromatic rings. The van der Waals surface area contributed by atoms with E-state index in [1.54, 1.807) is 27.7 Å². The van der Waals surface area contributed by atoms with Gasteiger partial charge in [0.15, 0.2) is 0 Å². The third kappa shape index (κ3) is 17.4. The van der Waals surface area contributed by atoms with Gasteiger partial charge >= 0.3 is 11.9 Å². The first-order valence-corrected chi connectivity index (χ1v) is 39.4. The molecule has 7 N–H and O–H groups in total. The van der Waals surface area contributed by atoms with Crippen molar-refractivity contribution in [2.24, 2.45) is 22.7 Å². The van der Waals surface area contributed by atoms with Crippen LogP contribution in [0.1, 0.15) is 188 Å². The second-order valence-electron chi connectivity index (χ2n) is 31.2. The van der Waals surface area contributed by atoms with E-state index in [0.717, 1.165) is 27.4 Å². The van der Waals surface area contributed by atoms with E-state index in [-0.39, 0.29) is 40.7 Å². The number of aromatic nitrogens is 2. The van der Waals surface area contributed by atoms with Gasteiger partial charge in [-0.15, -0.1) is 0 Å². The van der Waals surface area contributed by atoms with Crippen molar-refractivity contribution in [3.63, 3.8) is 0 Å². The van der Waals surface area contributed by atoms with Crippen molar-refractivity contribution in [1.29, 1.82) is 0 Å². The smallest absolute Gasteiger partial charge is 0.325 e. The predicted molar refractivity (Wildman–Crippen MR) is 405 cm³/mol. The van der Waals surface area contributed by atoms with Crippen molar-refractivity contribution in [3.8, 4) is 0 Å². The topological polar surface area (TPSA) is 289 Å². The largest absolute Gasteiger partial charge is 0.455 e. The molecule has 6 aliphatic rings. The summed E-state index contributed by atoms with van der Waals surface area (Å²) in [4.78, 5) is 120. The Morgan fingerprint density at radius 1 is 0.524 bits per heavy atom. The number of aliphatic hydroxyl groups excluding tert-OH is 1. The summed E-state index contributed by atoms with van der Waals surface area (Å²) < 4.78 is 19.2. The summed E-state index contributed by atoms with van der Waals surface area (Å²) in [7, 11) is -2.86. The summed E-state index contributed by atoms with van der Waals surface area (Å²) in [6.45, 7) is 21.8. The molecular weight excluding hydrogens is 1350 g/mol. The predicted octanol–water partition coefficient (Wildman–Crippen LogP) is 9.44. The Bertz CT molecular complexity index is 4180. The molecule has 23 heteroatoms. The van der Waals surface area contributed by atoms with E-state index in [1.165, 1.54) is 20.4 Å². The fraction of sp³-hybridized carbons (Fsp3) is 0.488. The van der Waals surface area contributed by atoms with Gasteiger partial charge in [0.05, 0.1) is 39.4 Å². The molecule has 10 bridgehead atoms. The summed E-state index contributed by atoms with van der Waals surface area (Å²) in [5, 5.41) is 28.8. The monoisotopic (exact) mass is 1450 g/mol. The molecule has 6 amide bonds. The van der Waals surface area contributed by atoms with Crippen LogP contribution in [-0.2, 0) is 52.3 Å². The van der Waals surface area contributed by atoms with Crippen LogP contribution >= 0.6 is 0 Å². The molecule has 12 rings (SSSR count). The highest BCUT2D eigenvalue weighted by Crippen LogP contribution is 2.45. The number of hydrazine groups is 2. The van der Waals surface area contributed by atoms with Gasteiger partial charge in [0.2, 0.25) is 23.6 Å². The minimum absolute atomic E-state index is 0.110. The molecule has 2 aromatic heterocycles. The van der Waals surface area contributed by atoms with E-state index in [1.807, 2.05) is 125 Å². The number of hydrogen-bond acceptors (Lipinski definition) is 16. The number of nitrogens with zero attached hydrogens (tertiary/aromatic N) is 4. The highest BCUT2D eigenvalue weighted by Gasteiger charge is 2.53. The van der Waals surface area contributed by atoms with Gasteiger partial charge in [0, 0.05) is 30.0 Å². The molecule has 22 nitrogen and oxygen atoms in total. The molecule has 4 fully saturated rings. The van der Waals surface area contributed by atoms with Crippen LogP contribution in [0.25, 0.3) is 34.0 Å². The van der Waals surface area contributed by atoms with Crippen LogP contribution in [-0.4, -0.2) is 142 Å². The molecule has 4 aromatic carbocycles. The zero-order chi connectivity index (χ0) is 75.1.